The van der Waals surface area contributed by atoms with Crippen LogP contribution in [0, 0.1) is 5.92 Å². The first-order valence-corrected chi connectivity index (χ1v) is 10.2. The lowest BCUT2D eigenvalue weighted by atomic mass is 9.86. The molecule has 0 spiro atoms. The van der Waals surface area contributed by atoms with Crippen LogP contribution in [-0.2, 0) is 9.84 Å². The molecule has 0 aromatic heterocycles. The highest BCUT2D eigenvalue weighted by molar-refractivity contribution is 7.95. The predicted octanol–water partition coefficient (Wildman–Crippen LogP) is 2.59. The quantitative estimate of drug-likeness (QED) is 0.866. The van der Waals surface area contributed by atoms with Crippen LogP contribution in [0.1, 0.15) is 38.5 Å². The van der Waals surface area contributed by atoms with Crippen LogP contribution < -0.4 is 11.1 Å². The van der Waals surface area contributed by atoms with E-state index < -0.39 is 9.84 Å². The van der Waals surface area contributed by atoms with Gasteiger partial charge in [-0.25, -0.2) is 8.42 Å². The van der Waals surface area contributed by atoms with Gasteiger partial charge in [0.1, 0.15) is 5.82 Å². The van der Waals surface area contributed by atoms with Gasteiger partial charge in [0.15, 0.2) is 0 Å². The molecule has 6 nitrogen and oxygen atoms in total. The minimum absolute atomic E-state index is 0.123. The second kappa shape index (κ2) is 7.82. The third-order valence-corrected chi connectivity index (χ3v) is 6.69. The van der Waals surface area contributed by atoms with Gasteiger partial charge in [-0.3, -0.25) is 0 Å². The first-order chi connectivity index (χ1) is 12.1. The summed E-state index contributed by atoms with van der Waals surface area (Å²) in [6.45, 7) is 0.432. The molecule has 0 atom stereocenters. The third-order valence-electron chi connectivity index (χ3n) is 4.76. The van der Waals surface area contributed by atoms with E-state index in [0.717, 1.165) is 18.6 Å². The summed E-state index contributed by atoms with van der Waals surface area (Å²) < 4.78 is 25.8. The fourth-order valence-electron chi connectivity index (χ4n) is 3.33. The Labute approximate surface area is 148 Å². The zero-order chi connectivity index (χ0) is 17.7. The molecule has 0 bridgehead atoms. The summed E-state index contributed by atoms with van der Waals surface area (Å²) in [6.07, 6.45) is 7.53. The lowest BCUT2D eigenvalue weighted by Crippen LogP contribution is -2.33. The van der Waals surface area contributed by atoms with E-state index in [9.17, 15) is 8.42 Å². The summed E-state index contributed by atoms with van der Waals surface area (Å²) in [5.41, 5.74) is 7.06. The highest BCUT2D eigenvalue weighted by Crippen LogP contribution is 2.26. The summed E-state index contributed by atoms with van der Waals surface area (Å²) in [6, 6.07) is 8.33. The first-order valence-electron chi connectivity index (χ1n) is 8.70. The SMILES string of the molecule is N/C1=C(\S(=O)(=O)c2ccccc2)C/C=N\N=C(\C2CCCCC2)CN1. The van der Waals surface area contributed by atoms with Crippen molar-refractivity contribution < 1.29 is 8.42 Å². The second-order valence-corrected chi connectivity index (χ2v) is 8.41. The molecule has 1 aromatic rings. The highest BCUT2D eigenvalue weighted by atomic mass is 32.2. The van der Waals surface area contributed by atoms with Crippen molar-refractivity contribution in [3.63, 3.8) is 0 Å². The van der Waals surface area contributed by atoms with E-state index in [0.29, 0.717) is 12.5 Å². The van der Waals surface area contributed by atoms with Crippen molar-refractivity contribution in [3.8, 4) is 0 Å². The number of nitrogens with zero attached hydrogens (tertiary/aromatic N) is 2. The molecule has 1 heterocycles. The molecule has 1 aliphatic carbocycles. The van der Waals surface area contributed by atoms with E-state index in [1.165, 1.54) is 25.5 Å². The van der Waals surface area contributed by atoms with Gasteiger partial charge in [0, 0.05) is 18.6 Å². The van der Waals surface area contributed by atoms with Crippen molar-refractivity contribution in [1.29, 1.82) is 0 Å². The molecule has 7 heteroatoms. The maximum atomic E-state index is 12.9. The van der Waals surface area contributed by atoms with E-state index in [1.54, 1.807) is 30.3 Å². The molecule has 1 aliphatic heterocycles. The average Bonchev–Trinajstić information content (AvgIpc) is 2.74. The lowest BCUT2D eigenvalue weighted by Gasteiger charge is -2.23. The molecule has 1 saturated carbocycles. The number of rotatable bonds is 3. The van der Waals surface area contributed by atoms with Crippen molar-refractivity contribution in [1.82, 2.24) is 5.32 Å². The van der Waals surface area contributed by atoms with Crippen LogP contribution in [0.4, 0.5) is 0 Å². The Bertz CT molecular complexity index is 792. The molecule has 3 rings (SSSR count). The first kappa shape index (κ1) is 17.7. The van der Waals surface area contributed by atoms with Crippen molar-refractivity contribution in [3.05, 3.63) is 41.1 Å². The monoisotopic (exact) mass is 360 g/mol. The van der Waals surface area contributed by atoms with E-state index in [2.05, 4.69) is 15.5 Å². The van der Waals surface area contributed by atoms with E-state index in [-0.39, 0.29) is 22.0 Å². The fourth-order valence-corrected chi connectivity index (χ4v) is 4.78. The standard InChI is InChI=1S/C18H24N4O2S/c19-18-17(25(23,24)15-9-5-2-6-10-15)11-12-21-22-16(13-20-18)14-7-3-1-4-8-14/h2,5-6,9-10,12,14,20H,1,3-4,7-8,11,13,19H2/b18-17+,21-12-,22-16+. The number of allylic oxidation sites excluding steroid dienone is 1. The van der Waals surface area contributed by atoms with Crippen LogP contribution in [0.15, 0.2) is 56.2 Å². The zero-order valence-electron chi connectivity index (χ0n) is 14.2. The topological polar surface area (TPSA) is 96.9 Å². The molecule has 0 radical (unpaired) electrons. The van der Waals surface area contributed by atoms with Gasteiger partial charge in [-0.2, -0.15) is 10.2 Å². The number of hydrogen-bond acceptors (Lipinski definition) is 6. The Morgan fingerprint density at radius 2 is 1.80 bits per heavy atom. The average molecular weight is 360 g/mol. The number of hydrogen-bond donors (Lipinski definition) is 2. The third kappa shape index (κ3) is 4.10. The van der Waals surface area contributed by atoms with Gasteiger partial charge < -0.3 is 11.1 Å². The van der Waals surface area contributed by atoms with Crippen molar-refractivity contribution >= 4 is 21.8 Å². The Morgan fingerprint density at radius 1 is 1.08 bits per heavy atom. The second-order valence-electron chi connectivity index (χ2n) is 6.44. The predicted molar refractivity (Wildman–Crippen MR) is 100.0 cm³/mol. The summed E-state index contributed by atoms with van der Waals surface area (Å²) >= 11 is 0. The van der Waals surface area contributed by atoms with Gasteiger partial charge in [-0.1, -0.05) is 37.5 Å². The van der Waals surface area contributed by atoms with Crippen LogP contribution in [-0.4, -0.2) is 26.9 Å². The Morgan fingerprint density at radius 3 is 2.52 bits per heavy atom. The molecule has 0 unspecified atom stereocenters. The normalized spacial score (nSPS) is 26.5. The Kier molecular flexibility index (Phi) is 5.53. The number of nitrogens with two attached hydrogens (primary N) is 1. The molecule has 2 aliphatic rings. The number of nitrogens with one attached hydrogen (secondary N) is 1. The Balaban J connectivity index is 1.85. The van der Waals surface area contributed by atoms with Gasteiger partial charge >= 0.3 is 0 Å². The highest BCUT2D eigenvalue weighted by Gasteiger charge is 2.25. The minimum atomic E-state index is -3.66. The molecule has 25 heavy (non-hydrogen) atoms. The lowest BCUT2D eigenvalue weighted by molar-refractivity contribution is 0.435. The van der Waals surface area contributed by atoms with Crippen molar-refractivity contribution in [2.45, 2.75) is 43.4 Å². The summed E-state index contributed by atoms with van der Waals surface area (Å²) in [7, 11) is -3.66. The smallest absolute Gasteiger partial charge is 0.206 e. The van der Waals surface area contributed by atoms with E-state index in [1.807, 2.05) is 0 Å². The molecule has 1 fully saturated rings. The van der Waals surface area contributed by atoms with Gasteiger partial charge in [0.25, 0.3) is 0 Å². The maximum absolute atomic E-state index is 12.9. The van der Waals surface area contributed by atoms with Crippen LogP contribution in [0.3, 0.4) is 0 Å². The van der Waals surface area contributed by atoms with Gasteiger partial charge in [-0.05, 0) is 25.0 Å². The molecular weight excluding hydrogens is 336 g/mol. The summed E-state index contributed by atoms with van der Waals surface area (Å²) in [5.74, 6) is 0.583. The van der Waals surface area contributed by atoms with Crippen LogP contribution in [0.5, 0.6) is 0 Å². The van der Waals surface area contributed by atoms with Crippen LogP contribution in [0.25, 0.3) is 0 Å². The molecule has 134 valence electrons. The zero-order valence-corrected chi connectivity index (χ0v) is 15.0. The van der Waals surface area contributed by atoms with Gasteiger partial charge in [0.2, 0.25) is 9.84 Å². The van der Waals surface area contributed by atoms with E-state index in [4.69, 9.17) is 5.73 Å². The van der Waals surface area contributed by atoms with Crippen LogP contribution in [0.2, 0.25) is 0 Å². The largest absolute Gasteiger partial charge is 0.385 e. The molecular formula is C18H24N4O2S. The minimum Gasteiger partial charge on any atom is -0.385 e. The molecule has 0 amide bonds. The van der Waals surface area contributed by atoms with Gasteiger partial charge in [-0.15, -0.1) is 0 Å². The van der Waals surface area contributed by atoms with Crippen LogP contribution >= 0.6 is 0 Å². The fraction of sp³-hybridized carbons (Fsp3) is 0.444. The van der Waals surface area contributed by atoms with Crippen molar-refractivity contribution in [2.75, 3.05) is 6.54 Å². The Hall–Kier alpha value is -2.15. The molecule has 0 saturated heterocycles. The summed E-state index contributed by atoms with van der Waals surface area (Å²) in [5, 5.41) is 11.5. The number of sulfone groups is 1. The van der Waals surface area contributed by atoms with E-state index >= 15 is 0 Å². The maximum Gasteiger partial charge on any atom is 0.206 e. The number of benzene rings is 1. The van der Waals surface area contributed by atoms with Gasteiger partial charge in [0.05, 0.1) is 22.1 Å². The van der Waals surface area contributed by atoms with Crippen molar-refractivity contribution in [2.24, 2.45) is 21.9 Å². The molecule has 3 N–H and O–H groups in total. The molecule has 1 aromatic carbocycles. The summed E-state index contributed by atoms with van der Waals surface area (Å²) in [4.78, 5) is 0.373.